The van der Waals surface area contributed by atoms with E-state index in [0.29, 0.717) is 13.2 Å². The first-order valence-corrected chi connectivity index (χ1v) is 6.27. The second-order valence-corrected chi connectivity index (χ2v) is 6.24. The number of thiocarbonyl (C=S) groups is 1. The van der Waals surface area contributed by atoms with Gasteiger partial charge in [-0.15, -0.1) is 0 Å². The fraction of sp³-hybridized carbons (Fsp3) is 0.875. The van der Waals surface area contributed by atoms with Crippen LogP contribution in [0.15, 0.2) is 0 Å². The molecule has 2 nitrogen and oxygen atoms in total. The van der Waals surface area contributed by atoms with Crippen LogP contribution in [0.4, 0.5) is 0 Å². The van der Waals surface area contributed by atoms with Crippen LogP contribution in [-0.2, 0) is 8.85 Å². The predicted molar refractivity (Wildman–Crippen MR) is 58.1 cm³/mol. The van der Waals surface area contributed by atoms with E-state index in [1.165, 1.54) is 0 Å². The fourth-order valence-corrected chi connectivity index (χ4v) is 2.84. The molecule has 0 N–H and O–H groups in total. The molecule has 0 aromatic rings. The zero-order chi connectivity index (χ0) is 9.61. The molecule has 72 valence electrons. The molecule has 0 heterocycles. The highest BCUT2D eigenvalue weighted by molar-refractivity contribution is 7.79. The molecule has 0 fully saturated rings. The van der Waals surface area contributed by atoms with Gasteiger partial charge in [0.05, 0.1) is 0 Å². The highest BCUT2D eigenvalue weighted by atomic mass is 32.1. The van der Waals surface area contributed by atoms with Crippen molar-refractivity contribution in [2.75, 3.05) is 13.2 Å². The molecule has 0 unspecified atom stereocenters. The van der Waals surface area contributed by atoms with Crippen molar-refractivity contribution in [3.8, 4) is 0 Å². The van der Waals surface area contributed by atoms with Crippen LogP contribution in [0.1, 0.15) is 27.7 Å². The maximum absolute atomic E-state index is 5.56. The van der Waals surface area contributed by atoms with Crippen molar-refractivity contribution >= 4 is 26.9 Å². The summed E-state index contributed by atoms with van der Waals surface area (Å²) in [6, 6.07) is 0. The lowest BCUT2D eigenvalue weighted by Crippen LogP contribution is -2.35. The Kier molecular flexibility index (Phi) is 5.91. The summed E-state index contributed by atoms with van der Waals surface area (Å²) in [4.78, 5) is 0. The van der Waals surface area contributed by atoms with Crippen LogP contribution in [0.2, 0.25) is 5.04 Å². The average Bonchev–Trinajstić information content (AvgIpc) is 2.04. The molecule has 0 spiro atoms. The van der Waals surface area contributed by atoms with Gasteiger partial charge in [0.15, 0.2) is 0 Å². The van der Waals surface area contributed by atoms with E-state index in [1.54, 1.807) is 5.37 Å². The van der Waals surface area contributed by atoms with Crippen LogP contribution < -0.4 is 0 Å². The van der Waals surface area contributed by atoms with Crippen molar-refractivity contribution in [3.63, 3.8) is 0 Å². The maximum atomic E-state index is 5.56. The molecule has 4 heteroatoms. The van der Waals surface area contributed by atoms with Gasteiger partial charge in [0.1, 0.15) is 0 Å². The first-order chi connectivity index (χ1) is 5.58. The lowest BCUT2D eigenvalue weighted by Gasteiger charge is -2.27. The van der Waals surface area contributed by atoms with Crippen LogP contribution >= 0.6 is 12.2 Å². The monoisotopic (exact) mass is 206 g/mol. The van der Waals surface area contributed by atoms with Crippen LogP contribution in [0.5, 0.6) is 0 Å². The molecule has 0 saturated carbocycles. The van der Waals surface area contributed by atoms with Crippen molar-refractivity contribution in [2.24, 2.45) is 0 Å². The van der Waals surface area contributed by atoms with Gasteiger partial charge in [-0.25, -0.2) is 0 Å². The van der Waals surface area contributed by atoms with Gasteiger partial charge in [-0.05, 0) is 19.2 Å². The second kappa shape index (κ2) is 5.80. The van der Waals surface area contributed by atoms with Gasteiger partial charge >= 0.3 is 9.28 Å². The van der Waals surface area contributed by atoms with E-state index in [4.69, 9.17) is 21.1 Å². The van der Waals surface area contributed by atoms with E-state index >= 15 is 0 Å². The Morgan fingerprint density at radius 3 is 1.92 bits per heavy atom. The third-order valence-corrected chi connectivity index (χ3v) is 5.05. The third kappa shape index (κ3) is 3.76. The van der Waals surface area contributed by atoms with Gasteiger partial charge < -0.3 is 8.85 Å². The highest BCUT2D eigenvalue weighted by Crippen LogP contribution is 2.26. The summed E-state index contributed by atoms with van der Waals surface area (Å²) in [5.41, 5.74) is 0. The van der Waals surface area contributed by atoms with Gasteiger partial charge in [0.25, 0.3) is 0 Å². The molecule has 0 atom stereocenters. The minimum Gasteiger partial charge on any atom is -0.396 e. The van der Waals surface area contributed by atoms with Crippen LogP contribution in [0.3, 0.4) is 0 Å². The summed E-state index contributed by atoms with van der Waals surface area (Å²) < 4.78 is 11.1. The molecule has 0 bridgehead atoms. The van der Waals surface area contributed by atoms with Gasteiger partial charge in [-0.3, -0.25) is 0 Å². The Bertz CT molecular complexity index is 133. The Morgan fingerprint density at radius 1 is 1.25 bits per heavy atom. The van der Waals surface area contributed by atoms with E-state index in [9.17, 15) is 0 Å². The van der Waals surface area contributed by atoms with Gasteiger partial charge in [-0.2, -0.15) is 0 Å². The van der Waals surface area contributed by atoms with Crippen LogP contribution in [0, 0.1) is 0 Å². The molecule has 0 amide bonds. The first kappa shape index (κ1) is 12.2. The molecular formula is C8H18O2SSi. The van der Waals surface area contributed by atoms with Gasteiger partial charge in [-0.1, -0.05) is 26.1 Å². The summed E-state index contributed by atoms with van der Waals surface area (Å²) in [7, 11) is -1.60. The van der Waals surface area contributed by atoms with E-state index in [2.05, 4.69) is 13.8 Å². The zero-order valence-electron chi connectivity index (χ0n) is 8.29. The molecule has 0 aromatic heterocycles. The highest BCUT2D eigenvalue weighted by Gasteiger charge is 2.31. The van der Waals surface area contributed by atoms with Gasteiger partial charge in [0.2, 0.25) is 0 Å². The van der Waals surface area contributed by atoms with Crippen LogP contribution in [0.25, 0.3) is 0 Å². The molecule has 0 rings (SSSR count). The molecule has 0 saturated heterocycles. The molecule has 0 aliphatic carbocycles. The largest absolute Gasteiger partial charge is 0.396 e. The van der Waals surface area contributed by atoms with E-state index in [0.717, 1.165) is 0 Å². The van der Waals surface area contributed by atoms with Crippen LogP contribution in [-0.4, -0.2) is 27.9 Å². The van der Waals surface area contributed by atoms with E-state index in [1.807, 2.05) is 13.8 Å². The van der Waals surface area contributed by atoms with Crippen molar-refractivity contribution in [1.29, 1.82) is 0 Å². The fourth-order valence-electron chi connectivity index (χ4n) is 0.836. The summed E-state index contributed by atoms with van der Waals surface area (Å²) in [6.45, 7) is 9.54. The Hall–Kier alpha value is 0.227. The minimum atomic E-state index is -1.60. The normalized spacial score (nSPS) is 12.1. The number of hydrogen-bond acceptors (Lipinski definition) is 3. The lowest BCUT2D eigenvalue weighted by molar-refractivity contribution is 0.201. The Balaban J connectivity index is 4.16. The van der Waals surface area contributed by atoms with E-state index < -0.39 is 9.28 Å². The maximum Gasteiger partial charge on any atom is 0.332 e. The molecule has 0 aliphatic heterocycles. The van der Waals surface area contributed by atoms with Crippen molar-refractivity contribution in [1.82, 2.24) is 0 Å². The average molecular weight is 206 g/mol. The summed E-state index contributed by atoms with van der Waals surface area (Å²) in [5.74, 6) is 0. The lowest BCUT2D eigenvalue weighted by atomic mass is 10.2. The quantitative estimate of drug-likeness (QED) is 0.489. The summed E-state index contributed by atoms with van der Waals surface area (Å²) >= 11 is 4.94. The topological polar surface area (TPSA) is 18.5 Å². The van der Waals surface area contributed by atoms with Crippen molar-refractivity contribution in [3.05, 3.63) is 0 Å². The Morgan fingerprint density at radius 2 is 1.67 bits per heavy atom. The first-order valence-electron chi connectivity index (χ1n) is 4.28. The molecular weight excluding hydrogens is 188 g/mol. The third-order valence-electron chi connectivity index (χ3n) is 1.55. The molecule has 0 aromatic carbocycles. The summed E-state index contributed by atoms with van der Waals surface area (Å²) in [5, 5.41) is 1.70. The molecule has 0 aliphatic rings. The molecule has 12 heavy (non-hydrogen) atoms. The van der Waals surface area contributed by atoms with Crippen molar-refractivity contribution in [2.45, 2.75) is 32.7 Å². The predicted octanol–water partition coefficient (Wildman–Crippen LogP) is 2.06. The number of rotatable bonds is 6. The summed E-state index contributed by atoms with van der Waals surface area (Å²) in [6.07, 6.45) is 0. The minimum absolute atomic E-state index is 0.0542. The van der Waals surface area contributed by atoms with Gasteiger partial charge in [0, 0.05) is 18.3 Å². The van der Waals surface area contributed by atoms with Crippen molar-refractivity contribution < 1.29 is 8.85 Å². The standard InChI is InChI=1S/C8H18O2SSi/c1-5-9-12(10-6-2)8(3,4)7-11/h7,12H,5-6H2,1-4H3. The smallest absolute Gasteiger partial charge is 0.332 e. The SMILES string of the molecule is CCO[SiH](OCC)C(C)(C)C=S. The number of hydrogen-bond donors (Lipinski definition) is 0. The molecule has 0 radical (unpaired) electrons. The van der Waals surface area contributed by atoms with E-state index in [-0.39, 0.29) is 5.04 Å². The second-order valence-electron chi connectivity index (χ2n) is 3.18. The zero-order valence-corrected chi connectivity index (χ0v) is 10.3. The Labute approximate surface area is 82.1 Å².